The summed E-state index contributed by atoms with van der Waals surface area (Å²) in [6.07, 6.45) is 4.37. The number of carbonyl (C=O) groups excluding carboxylic acids is 1. The van der Waals surface area contributed by atoms with E-state index in [-0.39, 0.29) is 5.78 Å². The van der Waals surface area contributed by atoms with Crippen LogP contribution in [0.15, 0.2) is 11.6 Å². The van der Waals surface area contributed by atoms with E-state index >= 15 is 0 Å². The van der Waals surface area contributed by atoms with Crippen LogP contribution in [-0.2, 0) is 4.79 Å². The van der Waals surface area contributed by atoms with E-state index in [9.17, 15) is 4.79 Å². The van der Waals surface area contributed by atoms with E-state index < -0.39 is 5.54 Å². The number of Topliss-reactive ketones (excluding diaryl/α,β-unsaturated/α-hetero) is 1. The van der Waals surface area contributed by atoms with Crippen LogP contribution < -0.4 is 0 Å². The minimum atomic E-state index is -0.517. The Balaban J connectivity index is 5.55. The molecule has 0 radical (unpaired) electrons. The fourth-order valence-corrected chi connectivity index (χ4v) is 2.43. The van der Waals surface area contributed by atoms with Crippen LogP contribution in [0.1, 0.15) is 60.8 Å². The quantitative estimate of drug-likeness (QED) is 0.553. The van der Waals surface area contributed by atoms with Crippen molar-refractivity contribution < 1.29 is 4.79 Å². The van der Waals surface area contributed by atoms with E-state index in [2.05, 4.69) is 6.92 Å². The summed E-state index contributed by atoms with van der Waals surface area (Å²) in [5.41, 5.74) is 0.410. The molecule has 0 spiro atoms. The first-order valence-corrected chi connectivity index (χ1v) is 6.91. The predicted octanol–water partition coefficient (Wildman–Crippen LogP) is 3.79. The number of rotatable bonds is 7. The van der Waals surface area contributed by atoms with Gasteiger partial charge in [-0.3, -0.25) is 10.2 Å². The third-order valence-corrected chi connectivity index (χ3v) is 3.87. The lowest BCUT2D eigenvalue weighted by atomic mass is 9.85. The van der Waals surface area contributed by atoms with E-state index in [1.54, 1.807) is 6.92 Å². The summed E-state index contributed by atoms with van der Waals surface area (Å²) in [6, 6.07) is 0. The normalized spacial score (nSPS) is 12.4. The van der Waals surface area contributed by atoms with Crippen LogP contribution in [0.3, 0.4) is 0 Å². The largest absolute Gasteiger partial charge is 0.344 e. The van der Waals surface area contributed by atoms with Crippen LogP contribution in [0.4, 0.5) is 0 Å². The maximum Gasteiger partial charge on any atom is 0.155 e. The summed E-state index contributed by atoms with van der Waals surface area (Å²) in [4.78, 5) is 14.1. The Morgan fingerprint density at radius 2 is 1.72 bits per heavy atom. The summed E-state index contributed by atoms with van der Waals surface area (Å²) in [5.74, 6) is 0.646. The first-order chi connectivity index (χ1) is 8.41. The van der Waals surface area contributed by atoms with Crippen molar-refractivity contribution in [3.63, 3.8) is 0 Å². The molecular weight excluding hydrogens is 224 g/mol. The molecule has 0 unspecified atom stereocenters. The molecule has 104 valence electrons. The fourth-order valence-electron chi connectivity index (χ4n) is 2.43. The highest BCUT2D eigenvalue weighted by Gasteiger charge is 2.39. The smallest absolute Gasteiger partial charge is 0.155 e. The maximum absolute atomic E-state index is 12.1. The van der Waals surface area contributed by atoms with Crippen molar-refractivity contribution in [3.8, 4) is 0 Å². The molecule has 0 rings (SSSR count). The molecule has 0 aliphatic heterocycles. The van der Waals surface area contributed by atoms with Gasteiger partial charge in [0.2, 0.25) is 0 Å². The lowest BCUT2D eigenvalue weighted by Crippen LogP contribution is -2.56. The molecule has 0 atom stereocenters. The molecule has 0 amide bonds. The molecule has 0 heterocycles. The second kappa shape index (κ2) is 7.34. The van der Waals surface area contributed by atoms with Gasteiger partial charge >= 0.3 is 0 Å². The number of nitrogens with one attached hydrogen (secondary N) is 1. The number of carbonyl (C=O) groups is 1. The molecule has 1 N–H and O–H groups in total. The lowest BCUT2D eigenvalue weighted by molar-refractivity contribution is -0.127. The van der Waals surface area contributed by atoms with Gasteiger partial charge in [0.15, 0.2) is 5.78 Å². The number of allylic oxidation sites excluding steroid dienone is 1. The number of ketones is 1. The highest BCUT2D eigenvalue weighted by Crippen LogP contribution is 2.27. The van der Waals surface area contributed by atoms with E-state index in [0.717, 1.165) is 31.4 Å². The van der Waals surface area contributed by atoms with E-state index in [1.807, 2.05) is 38.7 Å². The predicted molar refractivity (Wildman–Crippen MR) is 78.1 cm³/mol. The molecule has 0 aliphatic carbocycles. The van der Waals surface area contributed by atoms with Gasteiger partial charge in [-0.05, 0) is 45.6 Å². The van der Waals surface area contributed by atoms with Gasteiger partial charge < -0.3 is 4.90 Å². The van der Waals surface area contributed by atoms with Crippen molar-refractivity contribution >= 4 is 11.6 Å². The second-order valence-corrected chi connectivity index (χ2v) is 4.77. The molecule has 0 fully saturated rings. The molecule has 18 heavy (non-hydrogen) atoms. The van der Waals surface area contributed by atoms with Crippen molar-refractivity contribution in [2.75, 3.05) is 6.54 Å². The monoisotopic (exact) mass is 252 g/mol. The maximum atomic E-state index is 12.1. The second-order valence-electron chi connectivity index (χ2n) is 4.77. The molecule has 3 heteroatoms. The first-order valence-electron chi connectivity index (χ1n) is 6.91. The van der Waals surface area contributed by atoms with E-state index in [0.29, 0.717) is 5.84 Å². The van der Waals surface area contributed by atoms with Gasteiger partial charge in [0.25, 0.3) is 0 Å². The van der Waals surface area contributed by atoms with Crippen molar-refractivity contribution in [2.24, 2.45) is 0 Å². The summed E-state index contributed by atoms with van der Waals surface area (Å²) < 4.78 is 0. The highest BCUT2D eigenvalue weighted by molar-refractivity contribution is 6.00. The summed E-state index contributed by atoms with van der Waals surface area (Å²) in [6.45, 7) is 12.4. The van der Waals surface area contributed by atoms with Gasteiger partial charge in [-0.25, -0.2) is 0 Å². The third-order valence-electron chi connectivity index (χ3n) is 3.87. The molecule has 0 aliphatic rings. The summed E-state index contributed by atoms with van der Waals surface area (Å²) in [7, 11) is 0. The number of amidine groups is 1. The van der Waals surface area contributed by atoms with E-state index in [1.165, 1.54) is 0 Å². The molecule has 0 aromatic heterocycles. The Morgan fingerprint density at radius 1 is 1.22 bits per heavy atom. The third kappa shape index (κ3) is 3.21. The molecule has 0 saturated heterocycles. The number of hydrogen-bond acceptors (Lipinski definition) is 2. The van der Waals surface area contributed by atoms with Crippen molar-refractivity contribution in [1.29, 1.82) is 5.41 Å². The standard InChI is InChI=1S/C15H28N2O/c1-7-11-17(14(16)12(5)8-2)15(9-3,10-4)13(6)18/h8,16H,7,9-11H2,1-6H3. The Morgan fingerprint density at radius 3 is 2.00 bits per heavy atom. The number of hydrogen-bond donors (Lipinski definition) is 1. The first kappa shape index (κ1) is 16.9. The van der Waals surface area contributed by atoms with Crippen LogP contribution in [0.5, 0.6) is 0 Å². The molecule has 0 saturated carbocycles. The topological polar surface area (TPSA) is 44.2 Å². The summed E-state index contributed by atoms with van der Waals surface area (Å²) >= 11 is 0. The zero-order chi connectivity index (χ0) is 14.3. The van der Waals surface area contributed by atoms with Crippen molar-refractivity contribution in [3.05, 3.63) is 11.6 Å². The molecule has 0 bridgehead atoms. The Hall–Kier alpha value is -1.12. The van der Waals surface area contributed by atoms with Gasteiger partial charge in [0, 0.05) is 6.54 Å². The molecular formula is C15H28N2O. The van der Waals surface area contributed by atoms with Gasteiger partial charge in [-0.2, -0.15) is 0 Å². The van der Waals surface area contributed by atoms with Crippen molar-refractivity contribution in [2.45, 2.75) is 66.3 Å². The fraction of sp³-hybridized carbons (Fsp3) is 0.733. The number of nitrogens with zero attached hydrogens (tertiary/aromatic N) is 1. The molecule has 3 nitrogen and oxygen atoms in total. The Bertz CT molecular complexity index is 327. The zero-order valence-corrected chi connectivity index (χ0v) is 12.8. The lowest BCUT2D eigenvalue weighted by Gasteiger charge is -2.43. The van der Waals surface area contributed by atoms with Crippen LogP contribution >= 0.6 is 0 Å². The van der Waals surface area contributed by atoms with Gasteiger partial charge in [-0.15, -0.1) is 0 Å². The van der Waals surface area contributed by atoms with Crippen LogP contribution in [0, 0.1) is 5.41 Å². The van der Waals surface area contributed by atoms with Gasteiger partial charge in [0.05, 0.1) is 5.54 Å². The summed E-state index contributed by atoms with van der Waals surface area (Å²) in [5, 5.41) is 8.32. The van der Waals surface area contributed by atoms with E-state index in [4.69, 9.17) is 5.41 Å². The van der Waals surface area contributed by atoms with Gasteiger partial charge in [-0.1, -0.05) is 26.8 Å². The minimum absolute atomic E-state index is 0.162. The SMILES string of the molecule is CC=C(C)C(=N)N(CCC)C(CC)(CC)C(C)=O. The average Bonchev–Trinajstić information content (AvgIpc) is 2.37. The molecule has 0 aromatic rings. The Kier molecular flexibility index (Phi) is 6.89. The van der Waals surface area contributed by atoms with Crippen LogP contribution in [0.2, 0.25) is 0 Å². The molecule has 0 aromatic carbocycles. The zero-order valence-electron chi connectivity index (χ0n) is 12.8. The van der Waals surface area contributed by atoms with Crippen molar-refractivity contribution in [1.82, 2.24) is 4.90 Å². The Labute approximate surface area is 112 Å². The van der Waals surface area contributed by atoms with Crippen LogP contribution in [0.25, 0.3) is 0 Å². The van der Waals surface area contributed by atoms with Crippen LogP contribution in [-0.4, -0.2) is 28.6 Å². The average molecular weight is 252 g/mol. The minimum Gasteiger partial charge on any atom is -0.344 e. The van der Waals surface area contributed by atoms with Gasteiger partial charge in [0.1, 0.15) is 5.84 Å². The highest BCUT2D eigenvalue weighted by atomic mass is 16.1.